The predicted molar refractivity (Wildman–Crippen MR) is 83.2 cm³/mol. The third-order valence-electron chi connectivity index (χ3n) is 4.22. The van der Waals surface area contributed by atoms with E-state index in [1.807, 2.05) is 12.4 Å². The van der Waals surface area contributed by atoms with Crippen molar-refractivity contribution in [3.8, 4) is 0 Å². The zero-order valence-corrected chi connectivity index (χ0v) is 13.0. The maximum atomic E-state index is 4.48. The Morgan fingerprint density at radius 3 is 2.95 bits per heavy atom. The Labute approximate surface area is 126 Å². The first-order valence-corrected chi connectivity index (χ1v) is 8.01. The van der Waals surface area contributed by atoms with E-state index in [-0.39, 0.29) is 0 Å². The van der Waals surface area contributed by atoms with Crippen molar-refractivity contribution in [2.75, 3.05) is 13.1 Å². The van der Waals surface area contributed by atoms with E-state index in [0.717, 1.165) is 43.4 Å². The number of aromatic amines is 2. The average molecular weight is 287 g/mol. The number of imidazole rings is 2. The second-order valence-electron chi connectivity index (χ2n) is 6.13. The number of aryl methyl sites for hydroxylation is 2. The molecule has 2 N–H and O–H groups in total. The Balaban J connectivity index is 1.53. The minimum atomic E-state index is 0.543. The standard InChI is InChI=1S/C16H25N5/c1-3-4-5-15-17-9-14(20-15)11-21-7-6-13(10-21)16-18-8-12(2)19-16/h8-9,13H,3-7,10-11H2,1-2H3,(H,17,20)(H,18,19). The van der Waals surface area contributed by atoms with Crippen LogP contribution >= 0.6 is 0 Å². The SMILES string of the molecule is CCCCc1ncc(CN2CCC(c3ncc(C)[nH]3)C2)[nH]1. The van der Waals surface area contributed by atoms with Gasteiger partial charge in [-0.2, -0.15) is 0 Å². The number of likely N-dealkylation sites (tertiary alicyclic amines) is 1. The van der Waals surface area contributed by atoms with Crippen LogP contribution in [-0.2, 0) is 13.0 Å². The topological polar surface area (TPSA) is 60.6 Å². The predicted octanol–water partition coefficient (Wildman–Crippen LogP) is 2.77. The van der Waals surface area contributed by atoms with Crippen molar-refractivity contribution in [1.29, 1.82) is 0 Å². The molecule has 0 radical (unpaired) electrons. The summed E-state index contributed by atoms with van der Waals surface area (Å²) < 4.78 is 0. The van der Waals surface area contributed by atoms with E-state index in [2.05, 4.69) is 38.7 Å². The van der Waals surface area contributed by atoms with Gasteiger partial charge in [-0.25, -0.2) is 9.97 Å². The van der Waals surface area contributed by atoms with Crippen LogP contribution in [-0.4, -0.2) is 37.9 Å². The number of nitrogens with one attached hydrogen (secondary N) is 2. The number of nitrogens with zero attached hydrogens (tertiary/aromatic N) is 3. The molecule has 2 aromatic rings. The largest absolute Gasteiger partial charge is 0.346 e. The second kappa shape index (κ2) is 6.43. The molecule has 114 valence electrons. The molecule has 1 atom stereocenters. The molecule has 5 nitrogen and oxygen atoms in total. The van der Waals surface area contributed by atoms with Crippen molar-refractivity contribution in [2.24, 2.45) is 0 Å². The zero-order chi connectivity index (χ0) is 14.7. The lowest BCUT2D eigenvalue weighted by molar-refractivity contribution is 0.322. The van der Waals surface area contributed by atoms with Crippen molar-refractivity contribution >= 4 is 0 Å². The maximum Gasteiger partial charge on any atom is 0.110 e. The number of hydrogen-bond acceptors (Lipinski definition) is 3. The highest BCUT2D eigenvalue weighted by molar-refractivity contribution is 5.08. The lowest BCUT2D eigenvalue weighted by Gasteiger charge is -2.14. The first-order chi connectivity index (χ1) is 10.2. The Hall–Kier alpha value is -1.62. The van der Waals surface area contributed by atoms with Gasteiger partial charge in [-0.3, -0.25) is 4.90 Å². The lowest BCUT2D eigenvalue weighted by Crippen LogP contribution is -2.20. The van der Waals surface area contributed by atoms with Gasteiger partial charge in [0, 0.05) is 49.2 Å². The molecule has 0 aromatic carbocycles. The van der Waals surface area contributed by atoms with Crippen LogP contribution in [0.1, 0.15) is 55.1 Å². The van der Waals surface area contributed by atoms with Crippen molar-refractivity contribution in [1.82, 2.24) is 24.8 Å². The van der Waals surface area contributed by atoms with Gasteiger partial charge >= 0.3 is 0 Å². The van der Waals surface area contributed by atoms with Crippen molar-refractivity contribution in [3.63, 3.8) is 0 Å². The van der Waals surface area contributed by atoms with E-state index in [1.54, 1.807) is 0 Å². The number of aromatic nitrogens is 4. The van der Waals surface area contributed by atoms with Gasteiger partial charge in [0.2, 0.25) is 0 Å². The molecule has 2 aromatic heterocycles. The summed E-state index contributed by atoms with van der Waals surface area (Å²) in [5, 5.41) is 0. The molecule has 1 aliphatic rings. The fourth-order valence-corrected chi connectivity index (χ4v) is 3.04. The molecule has 21 heavy (non-hydrogen) atoms. The van der Waals surface area contributed by atoms with Gasteiger partial charge in [-0.1, -0.05) is 13.3 Å². The van der Waals surface area contributed by atoms with Crippen LogP contribution in [0, 0.1) is 6.92 Å². The minimum Gasteiger partial charge on any atom is -0.346 e. The van der Waals surface area contributed by atoms with Gasteiger partial charge in [0.1, 0.15) is 11.6 Å². The highest BCUT2D eigenvalue weighted by Crippen LogP contribution is 2.25. The average Bonchev–Trinajstić information content (AvgIpc) is 3.18. The zero-order valence-electron chi connectivity index (χ0n) is 13.0. The van der Waals surface area contributed by atoms with Crippen LogP contribution in [0.4, 0.5) is 0 Å². The quantitative estimate of drug-likeness (QED) is 0.859. The van der Waals surface area contributed by atoms with Crippen LogP contribution in [0.2, 0.25) is 0 Å². The van der Waals surface area contributed by atoms with Gasteiger partial charge in [-0.05, 0) is 26.3 Å². The summed E-state index contributed by atoms with van der Waals surface area (Å²) in [5.74, 6) is 2.81. The molecule has 1 unspecified atom stereocenters. The first kappa shape index (κ1) is 14.3. The molecule has 1 fully saturated rings. The summed E-state index contributed by atoms with van der Waals surface area (Å²) in [6, 6.07) is 0. The van der Waals surface area contributed by atoms with Crippen LogP contribution in [0.15, 0.2) is 12.4 Å². The van der Waals surface area contributed by atoms with Crippen LogP contribution in [0.3, 0.4) is 0 Å². The summed E-state index contributed by atoms with van der Waals surface area (Å²) in [6.45, 7) is 7.45. The number of hydrogen-bond donors (Lipinski definition) is 2. The molecule has 0 saturated carbocycles. The lowest BCUT2D eigenvalue weighted by atomic mass is 10.1. The molecule has 0 bridgehead atoms. The summed E-state index contributed by atoms with van der Waals surface area (Å²) >= 11 is 0. The van der Waals surface area contributed by atoms with Crippen molar-refractivity contribution in [2.45, 2.75) is 52.0 Å². The minimum absolute atomic E-state index is 0.543. The molecule has 0 spiro atoms. The Morgan fingerprint density at radius 1 is 1.29 bits per heavy atom. The van der Waals surface area contributed by atoms with E-state index < -0.39 is 0 Å². The van der Waals surface area contributed by atoms with E-state index >= 15 is 0 Å². The van der Waals surface area contributed by atoms with E-state index in [0.29, 0.717) is 5.92 Å². The monoisotopic (exact) mass is 287 g/mol. The van der Waals surface area contributed by atoms with Crippen LogP contribution in [0.25, 0.3) is 0 Å². The smallest absolute Gasteiger partial charge is 0.110 e. The molecule has 5 heteroatoms. The molecular formula is C16H25N5. The van der Waals surface area contributed by atoms with Gasteiger partial charge in [0.05, 0.1) is 0 Å². The number of unbranched alkanes of at least 4 members (excludes halogenated alkanes) is 1. The van der Waals surface area contributed by atoms with E-state index in [1.165, 1.54) is 25.0 Å². The van der Waals surface area contributed by atoms with Gasteiger partial charge in [0.15, 0.2) is 0 Å². The Morgan fingerprint density at radius 2 is 2.19 bits per heavy atom. The third kappa shape index (κ3) is 3.53. The fraction of sp³-hybridized carbons (Fsp3) is 0.625. The molecule has 1 aliphatic heterocycles. The summed E-state index contributed by atoms with van der Waals surface area (Å²) in [6.07, 6.45) is 8.58. The van der Waals surface area contributed by atoms with Gasteiger partial charge in [0.25, 0.3) is 0 Å². The third-order valence-corrected chi connectivity index (χ3v) is 4.22. The molecule has 1 saturated heterocycles. The highest BCUT2D eigenvalue weighted by atomic mass is 15.2. The van der Waals surface area contributed by atoms with Crippen molar-refractivity contribution < 1.29 is 0 Å². The summed E-state index contributed by atoms with van der Waals surface area (Å²) in [4.78, 5) is 18.3. The maximum absolute atomic E-state index is 4.48. The first-order valence-electron chi connectivity index (χ1n) is 8.01. The van der Waals surface area contributed by atoms with E-state index in [9.17, 15) is 0 Å². The molecular weight excluding hydrogens is 262 g/mol. The Kier molecular flexibility index (Phi) is 4.39. The van der Waals surface area contributed by atoms with Crippen LogP contribution in [0.5, 0.6) is 0 Å². The normalized spacial score (nSPS) is 19.4. The highest BCUT2D eigenvalue weighted by Gasteiger charge is 2.26. The summed E-state index contributed by atoms with van der Waals surface area (Å²) in [5.41, 5.74) is 2.38. The van der Waals surface area contributed by atoms with Crippen LogP contribution < -0.4 is 0 Å². The molecule has 3 rings (SSSR count). The molecule has 3 heterocycles. The fourth-order valence-electron chi connectivity index (χ4n) is 3.04. The van der Waals surface area contributed by atoms with E-state index in [4.69, 9.17) is 0 Å². The number of H-pyrrole nitrogens is 2. The second-order valence-corrected chi connectivity index (χ2v) is 6.13. The summed E-state index contributed by atoms with van der Waals surface area (Å²) in [7, 11) is 0. The van der Waals surface area contributed by atoms with Gasteiger partial charge in [-0.15, -0.1) is 0 Å². The van der Waals surface area contributed by atoms with Crippen molar-refractivity contribution in [3.05, 3.63) is 35.4 Å². The molecule has 0 amide bonds. The van der Waals surface area contributed by atoms with Gasteiger partial charge < -0.3 is 9.97 Å². The Bertz CT molecular complexity index is 571. The number of rotatable bonds is 6. The molecule has 0 aliphatic carbocycles.